The van der Waals surface area contributed by atoms with Gasteiger partial charge in [0.2, 0.25) is 0 Å². The number of phenolic OH excluding ortho intramolecular Hbond substituents is 4. The molecule has 0 radical (unpaired) electrons. The Balaban J connectivity index is 1.09. The number of phenols is 4. The van der Waals surface area contributed by atoms with E-state index in [2.05, 4.69) is 0 Å². The Hall–Kier alpha value is -9.40. The van der Waals surface area contributed by atoms with Crippen LogP contribution in [0.2, 0.25) is 0 Å². The van der Waals surface area contributed by atoms with Gasteiger partial charge in [0.25, 0.3) is 0 Å². The predicted molar refractivity (Wildman–Crippen MR) is 277 cm³/mol. The van der Waals surface area contributed by atoms with Gasteiger partial charge in [0, 0.05) is 56.9 Å². The third-order valence-electron chi connectivity index (χ3n) is 11.7. The van der Waals surface area contributed by atoms with Crippen LogP contribution < -0.4 is 0 Å². The fourth-order valence-corrected chi connectivity index (χ4v) is 8.37. The summed E-state index contributed by atoms with van der Waals surface area (Å²) in [6.07, 6.45) is 3.23. The van der Waals surface area contributed by atoms with Crippen molar-refractivity contribution in [3.8, 4) is 34.1 Å². The number of fused-ring (bicyclic) bond motifs is 2. The molecule has 0 spiro atoms. The molecular weight excluding hydrogens is 841 g/mol. The first-order valence-electron chi connectivity index (χ1n) is 22.0. The average Bonchev–Trinajstić information content (AvgIpc) is 3.38. The normalized spacial score (nSPS) is 12.1. The van der Waals surface area contributed by atoms with Crippen molar-refractivity contribution < 1.29 is 20.4 Å². The molecule has 0 aromatic heterocycles. The second-order valence-corrected chi connectivity index (χ2v) is 16.0. The molecule has 0 unspecified atom stereocenters. The van der Waals surface area contributed by atoms with Gasteiger partial charge in [-0.2, -0.15) is 0 Å². The molecule has 0 fully saturated rings. The molecule has 0 saturated carbocycles. The SMILES string of the molecule is Oc1ccccc1/C(=N/c1ccccc1/N=C/c1cc2ccccc2c(-c2c(O)c(/C=N/c3ccccc3/N=C(\c3ccccc3)c3ccccc3O)cc3ccccc23)c1O)c1ccccc1. The van der Waals surface area contributed by atoms with Crippen LogP contribution in [0.25, 0.3) is 32.7 Å². The van der Waals surface area contributed by atoms with E-state index in [9.17, 15) is 20.4 Å². The van der Waals surface area contributed by atoms with E-state index >= 15 is 0 Å². The van der Waals surface area contributed by atoms with Gasteiger partial charge in [-0.25, -0.2) is 9.98 Å². The molecule has 10 aromatic rings. The van der Waals surface area contributed by atoms with Gasteiger partial charge in [-0.3, -0.25) is 9.98 Å². The molecule has 10 aromatic carbocycles. The Morgan fingerprint density at radius 2 is 0.676 bits per heavy atom. The summed E-state index contributed by atoms with van der Waals surface area (Å²) in [7, 11) is 0. The van der Waals surface area contributed by atoms with E-state index in [0.717, 1.165) is 32.7 Å². The minimum atomic E-state index is -0.0700. The summed E-state index contributed by atoms with van der Waals surface area (Å²) in [5, 5.41) is 49.8. The highest BCUT2D eigenvalue weighted by Gasteiger charge is 2.22. The number of aromatic hydroxyl groups is 4. The van der Waals surface area contributed by atoms with Gasteiger partial charge in [0.15, 0.2) is 0 Å². The Morgan fingerprint density at radius 3 is 1.09 bits per heavy atom. The molecule has 0 atom stereocenters. The molecule has 0 heterocycles. The average molecular weight is 883 g/mol. The largest absolute Gasteiger partial charge is 0.507 e. The number of hydrogen-bond acceptors (Lipinski definition) is 8. The molecule has 0 amide bonds. The van der Waals surface area contributed by atoms with Crippen LogP contribution in [0.5, 0.6) is 23.0 Å². The fourth-order valence-electron chi connectivity index (χ4n) is 8.37. The van der Waals surface area contributed by atoms with Gasteiger partial charge in [-0.1, -0.05) is 158 Å². The molecule has 4 N–H and O–H groups in total. The molecule has 0 aliphatic rings. The summed E-state index contributed by atoms with van der Waals surface area (Å²) in [6, 6.07) is 67.7. The number of rotatable bonds is 11. The van der Waals surface area contributed by atoms with E-state index in [-0.39, 0.29) is 23.0 Å². The molecule has 8 nitrogen and oxygen atoms in total. The van der Waals surface area contributed by atoms with E-state index in [4.69, 9.17) is 20.0 Å². The Bertz CT molecular complexity index is 3380. The monoisotopic (exact) mass is 882 g/mol. The van der Waals surface area contributed by atoms with Gasteiger partial charge in [-0.15, -0.1) is 0 Å². The molecule has 0 bridgehead atoms. The zero-order valence-corrected chi connectivity index (χ0v) is 36.5. The van der Waals surface area contributed by atoms with Crippen LogP contribution in [0.1, 0.15) is 33.4 Å². The first kappa shape index (κ1) is 42.5. The van der Waals surface area contributed by atoms with Crippen molar-refractivity contribution >= 4 is 68.1 Å². The van der Waals surface area contributed by atoms with Crippen molar-refractivity contribution in [3.05, 3.63) is 252 Å². The Labute approximate surface area is 392 Å². The highest BCUT2D eigenvalue weighted by atomic mass is 16.3. The minimum absolute atomic E-state index is 0.0700. The molecule has 0 aliphatic carbocycles. The highest BCUT2D eigenvalue weighted by Crippen LogP contribution is 2.47. The lowest BCUT2D eigenvalue weighted by Crippen LogP contribution is -2.03. The van der Waals surface area contributed by atoms with Gasteiger partial charge in [0.1, 0.15) is 23.0 Å². The summed E-state index contributed by atoms with van der Waals surface area (Å²) in [4.78, 5) is 20.0. The maximum atomic E-state index is 12.4. The minimum Gasteiger partial charge on any atom is -0.507 e. The predicted octanol–water partition coefficient (Wildman–Crippen LogP) is 14.3. The van der Waals surface area contributed by atoms with Gasteiger partial charge >= 0.3 is 0 Å². The lowest BCUT2D eigenvalue weighted by Gasteiger charge is -2.17. The van der Waals surface area contributed by atoms with Crippen LogP contribution in [-0.2, 0) is 0 Å². The molecular formula is C60H42N4O4. The standard InChI is InChI=1S/C60H42N4O4/c65-53-33-17-11-27-47(53)57(39-19-3-1-4-20-39)63-51-31-15-13-29-49(51)61-37-43-35-41-23-7-9-25-45(41)55(59(43)67)56-46-26-10-8-24-42(46)36-44(60(56)68)38-62-50-30-14-16-32-52(50)64-58(40-21-5-2-6-22-40)48-28-12-18-34-54(48)66/h1-38,65-68H/b61-37+,62-38+,63-57+,64-58+. The molecule has 8 heteroatoms. The van der Waals surface area contributed by atoms with Crippen molar-refractivity contribution in [1.82, 2.24) is 0 Å². The molecule has 10 rings (SSSR count). The Morgan fingerprint density at radius 1 is 0.338 bits per heavy atom. The maximum absolute atomic E-state index is 12.4. The summed E-state index contributed by atoms with van der Waals surface area (Å²) in [5.41, 5.74) is 7.87. The van der Waals surface area contributed by atoms with Crippen LogP contribution in [0.4, 0.5) is 22.7 Å². The van der Waals surface area contributed by atoms with E-state index in [1.165, 1.54) is 0 Å². The molecule has 68 heavy (non-hydrogen) atoms. The maximum Gasteiger partial charge on any atom is 0.132 e. The third kappa shape index (κ3) is 8.60. The van der Waals surface area contributed by atoms with E-state index in [1.54, 1.807) is 36.7 Å². The van der Waals surface area contributed by atoms with E-state index in [1.807, 2.05) is 194 Å². The number of benzene rings is 10. The number of para-hydroxylation sites is 6. The van der Waals surface area contributed by atoms with Gasteiger partial charge in [-0.05, 0) is 82.2 Å². The van der Waals surface area contributed by atoms with Crippen LogP contribution in [0, 0.1) is 0 Å². The smallest absolute Gasteiger partial charge is 0.132 e. The lowest BCUT2D eigenvalue weighted by atomic mass is 9.89. The van der Waals surface area contributed by atoms with Crippen molar-refractivity contribution in [3.63, 3.8) is 0 Å². The quantitative estimate of drug-likeness (QED) is 0.0964. The van der Waals surface area contributed by atoms with Crippen LogP contribution in [0.3, 0.4) is 0 Å². The Kier molecular flexibility index (Phi) is 11.9. The van der Waals surface area contributed by atoms with Crippen LogP contribution in [0.15, 0.2) is 238 Å². The lowest BCUT2D eigenvalue weighted by molar-refractivity contribution is 0.469. The van der Waals surface area contributed by atoms with Crippen molar-refractivity contribution in [2.45, 2.75) is 0 Å². The van der Waals surface area contributed by atoms with Crippen LogP contribution in [-0.4, -0.2) is 44.3 Å². The van der Waals surface area contributed by atoms with E-state index < -0.39 is 0 Å². The summed E-state index contributed by atoms with van der Waals surface area (Å²) < 4.78 is 0. The number of aliphatic imine (C=N–C) groups is 4. The van der Waals surface area contributed by atoms with Crippen molar-refractivity contribution in [2.24, 2.45) is 20.0 Å². The van der Waals surface area contributed by atoms with Gasteiger partial charge < -0.3 is 20.4 Å². The first-order valence-corrected chi connectivity index (χ1v) is 22.0. The topological polar surface area (TPSA) is 130 Å². The van der Waals surface area contributed by atoms with Gasteiger partial charge in [0.05, 0.1) is 34.2 Å². The molecule has 0 saturated heterocycles. The second-order valence-electron chi connectivity index (χ2n) is 16.0. The summed E-state index contributed by atoms with van der Waals surface area (Å²) >= 11 is 0. The first-order chi connectivity index (χ1) is 33.4. The number of hydrogen-bond donors (Lipinski definition) is 4. The molecule has 326 valence electrons. The van der Waals surface area contributed by atoms with Crippen molar-refractivity contribution in [2.75, 3.05) is 0 Å². The summed E-state index contributed by atoms with van der Waals surface area (Å²) in [5.74, 6) is 0.0693. The zero-order chi connectivity index (χ0) is 46.4. The second kappa shape index (κ2) is 19.0. The van der Waals surface area contributed by atoms with E-state index in [0.29, 0.717) is 67.6 Å². The third-order valence-corrected chi connectivity index (χ3v) is 11.7. The zero-order valence-electron chi connectivity index (χ0n) is 36.5. The van der Waals surface area contributed by atoms with Crippen LogP contribution >= 0.6 is 0 Å². The highest BCUT2D eigenvalue weighted by molar-refractivity contribution is 6.17. The molecule has 0 aliphatic heterocycles. The van der Waals surface area contributed by atoms with Crippen molar-refractivity contribution in [1.29, 1.82) is 0 Å². The summed E-state index contributed by atoms with van der Waals surface area (Å²) in [6.45, 7) is 0. The number of nitrogens with zero attached hydrogens (tertiary/aromatic N) is 4. The fraction of sp³-hybridized carbons (Fsp3) is 0.